The van der Waals surface area contributed by atoms with Crippen LogP contribution >= 0.6 is 31.9 Å². The lowest BCUT2D eigenvalue weighted by Crippen LogP contribution is -2.01. The Morgan fingerprint density at radius 1 is 1.06 bits per heavy atom. The predicted octanol–water partition coefficient (Wildman–Crippen LogP) is 4.30. The molecule has 0 saturated carbocycles. The number of benzene rings is 2. The molecule has 1 unspecified atom stereocenters. The average Bonchev–Trinajstić information content (AvgIpc) is 2.38. The highest BCUT2D eigenvalue weighted by atomic mass is 79.9. The maximum Gasteiger partial charge on any atom is 0.133 e. The molecule has 2 rings (SSSR count). The number of methoxy groups -OCH3 is 1. The molecule has 4 heteroatoms. The molecule has 0 saturated heterocycles. The van der Waals surface area contributed by atoms with Gasteiger partial charge in [0, 0.05) is 4.47 Å². The van der Waals surface area contributed by atoms with Crippen LogP contribution in [0.1, 0.15) is 17.2 Å². The second kappa shape index (κ2) is 5.87. The van der Waals surface area contributed by atoms with Gasteiger partial charge in [-0.3, -0.25) is 0 Å². The summed E-state index contributed by atoms with van der Waals surface area (Å²) < 4.78 is 6.89. The molecule has 0 bridgehead atoms. The van der Waals surface area contributed by atoms with Crippen molar-refractivity contribution < 1.29 is 9.84 Å². The van der Waals surface area contributed by atoms with Gasteiger partial charge in [-0.15, -0.1) is 0 Å². The van der Waals surface area contributed by atoms with E-state index in [1.54, 1.807) is 7.11 Å². The molecule has 1 N–H and O–H groups in total. The van der Waals surface area contributed by atoms with E-state index in [1.165, 1.54) is 0 Å². The van der Waals surface area contributed by atoms with E-state index in [1.807, 2.05) is 42.5 Å². The van der Waals surface area contributed by atoms with Gasteiger partial charge >= 0.3 is 0 Å². The summed E-state index contributed by atoms with van der Waals surface area (Å²) >= 11 is 6.86. The van der Waals surface area contributed by atoms with Crippen LogP contribution in [0.25, 0.3) is 0 Å². The quantitative estimate of drug-likeness (QED) is 0.871. The first-order valence-corrected chi connectivity index (χ1v) is 6.98. The lowest BCUT2D eigenvalue weighted by molar-refractivity contribution is 0.219. The Morgan fingerprint density at radius 2 is 1.78 bits per heavy atom. The third kappa shape index (κ3) is 2.76. The van der Waals surface area contributed by atoms with E-state index in [9.17, 15) is 5.11 Å². The van der Waals surface area contributed by atoms with Gasteiger partial charge in [-0.2, -0.15) is 0 Å². The Balaban J connectivity index is 2.37. The number of aliphatic hydroxyl groups excluding tert-OH is 1. The number of aliphatic hydroxyl groups is 1. The topological polar surface area (TPSA) is 29.5 Å². The fourth-order valence-corrected chi connectivity index (χ4v) is 2.79. The molecule has 2 aromatic rings. The number of hydrogen-bond donors (Lipinski definition) is 1. The van der Waals surface area contributed by atoms with E-state index in [2.05, 4.69) is 31.9 Å². The minimum atomic E-state index is -0.664. The maximum atomic E-state index is 10.4. The van der Waals surface area contributed by atoms with E-state index in [0.29, 0.717) is 0 Å². The zero-order valence-electron chi connectivity index (χ0n) is 9.73. The van der Waals surface area contributed by atoms with E-state index in [4.69, 9.17) is 4.74 Å². The van der Waals surface area contributed by atoms with Gasteiger partial charge in [0.05, 0.1) is 11.6 Å². The third-order valence-corrected chi connectivity index (χ3v) is 4.03. The maximum absolute atomic E-state index is 10.4. The highest BCUT2D eigenvalue weighted by Gasteiger charge is 2.14. The second-order valence-corrected chi connectivity index (χ2v) is 5.53. The van der Waals surface area contributed by atoms with Crippen molar-refractivity contribution in [2.75, 3.05) is 7.11 Å². The largest absolute Gasteiger partial charge is 0.496 e. The third-order valence-electron chi connectivity index (χ3n) is 2.69. The van der Waals surface area contributed by atoms with Crippen LogP contribution in [-0.2, 0) is 0 Å². The first-order chi connectivity index (χ1) is 8.63. The molecule has 0 radical (unpaired) electrons. The highest BCUT2D eigenvalue weighted by Crippen LogP contribution is 2.32. The van der Waals surface area contributed by atoms with Gasteiger partial charge < -0.3 is 9.84 Å². The van der Waals surface area contributed by atoms with E-state index in [-0.39, 0.29) is 0 Å². The number of rotatable bonds is 3. The standard InChI is InChI=1S/C14H12Br2O2/c1-18-13-7-6-9(8-12(13)16)14(17)10-4-2-3-5-11(10)15/h2-8,14,17H,1H3. The zero-order chi connectivity index (χ0) is 13.1. The number of ether oxygens (including phenoxy) is 1. The summed E-state index contributed by atoms with van der Waals surface area (Å²) in [6.45, 7) is 0. The lowest BCUT2D eigenvalue weighted by atomic mass is 10.0. The number of hydrogen-bond acceptors (Lipinski definition) is 2. The summed E-state index contributed by atoms with van der Waals surface area (Å²) in [7, 11) is 1.62. The molecule has 0 aliphatic heterocycles. The zero-order valence-corrected chi connectivity index (χ0v) is 12.9. The molecule has 18 heavy (non-hydrogen) atoms. The van der Waals surface area contributed by atoms with Crippen LogP contribution in [0, 0.1) is 0 Å². The Labute approximate surface area is 123 Å². The Kier molecular flexibility index (Phi) is 4.43. The van der Waals surface area contributed by atoms with Gasteiger partial charge in [-0.05, 0) is 45.3 Å². The van der Waals surface area contributed by atoms with Crippen molar-refractivity contribution in [1.82, 2.24) is 0 Å². The fraction of sp³-hybridized carbons (Fsp3) is 0.143. The van der Waals surface area contributed by atoms with Crippen molar-refractivity contribution in [3.8, 4) is 5.75 Å². The van der Waals surface area contributed by atoms with Crippen LogP contribution in [0.15, 0.2) is 51.4 Å². The molecular formula is C14H12Br2O2. The molecule has 0 aliphatic carbocycles. The van der Waals surface area contributed by atoms with Gasteiger partial charge in [-0.1, -0.05) is 40.2 Å². The van der Waals surface area contributed by atoms with Crippen molar-refractivity contribution >= 4 is 31.9 Å². The van der Waals surface area contributed by atoms with Gasteiger partial charge in [0.2, 0.25) is 0 Å². The Morgan fingerprint density at radius 3 is 2.39 bits per heavy atom. The van der Waals surface area contributed by atoms with Crippen LogP contribution in [-0.4, -0.2) is 12.2 Å². The van der Waals surface area contributed by atoms with Gasteiger partial charge in [0.1, 0.15) is 11.9 Å². The monoisotopic (exact) mass is 370 g/mol. The number of halogens is 2. The van der Waals surface area contributed by atoms with Crippen LogP contribution in [0.4, 0.5) is 0 Å². The van der Waals surface area contributed by atoms with Crippen LogP contribution in [0.3, 0.4) is 0 Å². The molecule has 2 nitrogen and oxygen atoms in total. The summed E-state index contributed by atoms with van der Waals surface area (Å²) in [6, 6.07) is 13.2. The minimum Gasteiger partial charge on any atom is -0.496 e. The van der Waals surface area contributed by atoms with Crippen molar-refractivity contribution in [1.29, 1.82) is 0 Å². The minimum absolute atomic E-state index is 0.664. The molecule has 0 spiro atoms. The molecule has 0 aliphatic rings. The summed E-state index contributed by atoms with van der Waals surface area (Å²) in [4.78, 5) is 0. The summed E-state index contributed by atoms with van der Waals surface area (Å²) in [5.41, 5.74) is 1.66. The fourth-order valence-electron chi connectivity index (χ4n) is 1.73. The van der Waals surface area contributed by atoms with Crippen LogP contribution in [0.5, 0.6) is 5.75 Å². The molecule has 94 valence electrons. The first kappa shape index (κ1) is 13.6. The van der Waals surface area contributed by atoms with E-state index >= 15 is 0 Å². The average molecular weight is 372 g/mol. The van der Waals surface area contributed by atoms with Gasteiger partial charge in [0.25, 0.3) is 0 Å². The highest BCUT2D eigenvalue weighted by molar-refractivity contribution is 9.10. The first-order valence-electron chi connectivity index (χ1n) is 5.39. The summed E-state index contributed by atoms with van der Waals surface area (Å²) in [6.07, 6.45) is -0.664. The summed E-state index contributed by atoms with van der Waals surface area (Å²) in [5.74, 6) is 0.748. The molecule has 2 aromatic carbocycles. The predicted molar refractivity (Wildman–Crippen MR) is 78.9 cm³/mol. The summed E-state index contributed by atoms with van der Waals surface area (Å²) in [5, 5.41) is 10.4. The molecule has 0 amide bonds. The lowest BCUT2D eigenvalue weighted by Gasteiger charge is -2.14. The van der Waals surface area contributed by atoms with Crippen molar-refractivity contribution in [2.45, 2.75) is 6.10 Å². The molecule has 0 heterocycles. The smallest absolute Gasteiger partial charge is 0.133 e. The Bertz CT molecular complexity index is 555. The molecular weight excluding hydrogens is 360 g/mol. The molecule has 0 fully saturated rings. The van der Waals surface area contributed by atoms with Gasteiger partial charge in [0.15, 0.2) is 0 Å². The van der Waals surface area contributed by atoms with E-state index < -0.39 is 6.10 Å². The van der Waals surface area contributed by atoms with Crippen LogP contribution in [0.2, 0.25) is 0 Å². The SMILES string of the molecule is COc1ccc(C(O)c2ccccc2Br)cc1Br. The van der Waals surface area contributed by atoms with Crippen molar-refractivity contribution in [3.63, 3.8) is 0 Å². The molecule has 1 atom stereocenters. The Hall–Kier alpha value is -0.840. The van der Waals surface area contributed by atoms with Crippen molar-refractivity contribution in [2.24, 2.45) is 0 Å². The van der Waals surface area contributed by atoms with Crippen molar-refractivity contribution in [3.05, 3.63) is 62.5 Å². The molecule has 0 aromatic heterocycles. The van der Waals surface area contributed by atoms with Gasteiger partial charge in [-0.25, -0.2) is 0 Å². The normalized spacial score (nSPS) is 12.2. The van der Waals surface area contributed by atoms with Crippen LogP contribution < -0.4 is 4.74 Å². The second-order valence-electron chi connectivity index (χ2n) is 3.82. The van der Waals surface area contributed by atoms with E-state index in [0.717, 1.165) is 25.8 Å².